The number of benzene rings is 1. The zero-order valence-electron chi connectivity index (χ0n) is 11.9. The van der Waals surface area contributed by atoms with Gasteiger partial charge in [0.25, 0.3) is 0 Å². The number of hydrogen-bond acceptors (Lipinski definition) is 4. The van der Waals surface area contributed by atoms with E-state index in [0.29, 0.717) is 14.6 Å². The minimum atomic E-state index is -2.80. The molecule has 0 radical (unpaired) electrons. The number of hydrogen-bond donors (Lipinski definition) is 0. The Balaban J connectivity index is 1.88. The summed E-state index contributed by atoms with van der Waals surface area (Å²) < 4.78 is 45.5. The van der Waals surface area contributed by atoms with Crippen LogP contribution in [0.1, 0.15) is 17.0 Å². The number of ether oxygens (including phenoxy) is 1. The highest BCUT2D eigenvalue weighted by Crippen LogP contribution is 2.32. The van der Waals surface area contributed by atoms with Gasteiger partial charge in [0.15, 0.2) is 6.61 Å². The standard InChI is InChI=1S/C15H9BrF3N3O2/c16-8-3-11-14(22(7-21-11)15(18)19)13(4-8)24-6-12(23)10-2-1-9(17)5-20-10/h1-5,7,15H,6H2. The molecule has 0 atom stereocenters. The molecule has 0 bridgehead atoms. The lowest BCUT2D eigenvalue weighted by Crippen LogP contribution is -2.13. The summed E-state index contributed by atoms with van der Waals surface area (Å²) >= 11 is 3.23. The number of carbonyl (C=O) groups is 1. The molecule has 0 N–H and O–H groups in total. The number of Topliss-reactive ketones (excluding diaryl/α,β-unsaturated/α-hetero) is 1. The molecule has 0 amide bonds. The van der Waals surface area contributed by atoms with Gasteiger partial charge in [-0.25, -0.2) is 14.4 Å². The Morgan fingerprint density at radius 3 is 2.75 bits per heavy atom. The number of alkyl halides is 2. The molecule has 0 aliphatic rings. The van der Waals surface area contributed by atoms with Crippen LogP contribution in [0.25, 0.3) is 11.0 Å². The summed E-state index contributed by atoms with van der Waals surface area (Å²) in [4.78, 5) is 19.6. The molecule has 2 aromatic heterocycles. The number of fused-ring (bicyclic) bond motifs is 1. The molecule has 24 heavy (non-hydrogen) atoms. The maximum absolute atomic E-state index is 13.1. The van der Waals surface area contributed by atoms with Gasteiger partial charge in [0.1, 0.15) is 29.1 Å². The van der Waals surface area contributed by atoms with Crippen molar-refractivity contribution in [2.24, 2.45) is 0 Å². The highest BCUT2D eigenvalue weighted by Gasteiger charge is 2.17. The smallest absolute Gasteiger partial charge is 0.320 e. The molecule has 3 rings (SSSR count). The fraction of sp³-hybridized carbons (Fsp3) is 0.133. The molecule has 5 nitrogen and oxygen atoms in total. The molecule has 0 aliphatic heterocycles. The van der Waals surface area contributed by atoms with E-state index in [0.717, 1.165) is 18.6 Å². The first-order valence-electron chi connectivity index (χ1n) is 6.67. The summed E-state index contributed by atoms with van der Waals surface area (Å²) in [5, 5.41) is 0. The summed E-state index contributed by atoms with van der Waals surface area (Å²) in [7, 11) is 0. The third-order valence-corrected chi connectivity index (χ3v) is 3.64. The summed E-state index contributed by atoms with van der Waals surface area (Å²) in [5.74, 6) is -0.999. The first kappa shape index (κ1) is 16.4. The van der Waals surface area contributed by atoms with Crippen molar-refractivity contribution in [2.75, 3.05) is 6.61 Å². The normalized spacial score (nSPS) is 11.2. The zero-order chi connectivity index (χ0) is 17.3. The van der Waals surface area contributed by atoms with Crippen molar-refractivity contribution in [2.45, 2.75) is 6.55 Å². The second kappa shape index (κ2) is 6.60. The van der Waals surface area contributed by atoms with Gasteiger partial charge in [-0.1, -0.05) is 15.9 Å². The molecule has 1 aromatic carbocycles. The molecule has 0 aliphatic carbocycles. The molecule has 0 unspecified atom stereocenters. The number of pyridine rings is 1. The number of ketones is 1. The average Bonchev–Trinajstić information content (AvgIpc) is 2.97. The Kier molecular flexibility index (Phi) is 4.52. The Labute approximate surface area is 142 Å². The SMILES string of the molecule is O=C(COc1cc(Br)cc2ncn(C(F)F)c12)c1ccc(F)cn1. The highest BCUT2D eigenvalue weighted by molar-refractivity contribution is 9.10. The molecule has 0 spiro atoms. The fourth-order valence-electron chi connectivity index (χ4n) is 2.12. The van der Waals surface area contributed by atoms with Gasteiger partial charge < -0.3 is 4.74 Å². The highest BCUT2D eigenvalue weighted by atomic mass is 79.9. The van der Waals surface area contributed by atoms with Crippen LogP contribution >= 0.6 is 15.9 Å². The lowest BCUT2D eigenvalue weighted by molar-refractivity contribution is 0.0740. The Hall–Kier alpha value is -2.42. The first-order chi connectivity index (χ1) is 11.5. The monoisotopic (exact) mass is 399 g/mol. The first-order valence-corrected chi connectivity index (χ1v) is 7.47. The Morgan fingerprint density at radius 2 is 2.08 bits per heavy atom. The van der Waals surface area contributed by atoms with Crippen molar-refractivity contribution in [3.63, 3.8) is 0 Å². The van der Waals surface area contributed by atoms with E-state index >= 15 is 0 Å². The van der Waals surface area contributed by atoms with E-state index in [1.807, 2.05) is 0 Å². The van der Waals surface area contributed by atoms with Gasteiger partial charge in [-0.15, -0.1) is 0 Å². The summed E-state index contributed by atoms with van der Waals surface area (Å²) in [6.07, 6.45) is 1.91. The van der Waals surface area contributed by atoms with Gasteiger partial charge in [-0.05, 0) is 24.3 Å². The molecule has 9 heteroatoms. The van der Waals surface area contributed by atoms with Crippen molar-refractivity contribution in [1.82, 2.24) is 14.5 Å². The number of rotatable bonds is 5. The number of halogens is 4. The van der Waals surface area contributed by atoms with Crippen molar-refractivity contribution in [3.05, 3.63) is 52.8 Å². The van der Waals surface area contributed by atoms with Crippen LogP contribution in [0.15, 0.2) is 41.3 Å². The molecular weight excluding hydrogens is 391 g/mol. The molecule has 0 saturated carbocycles. The van der Waals surface area contributed by atoms with E-state index in [-0.39, 0.29) is 17.0 Å². The van der Waals surface area contributed by atoms with E-state index < -0.39 is 24.8 Å². The van der Waals surface area contributed by atoms with E-state index in [1.165, 1.54) is 12.1 Å². The zero-order valence-corrected chi connectivity index (χ0v) is 13.5. The van der Waals surface area contributed by atoms with Crippen molar-refractivity contribution in [1.29, 1.82) is 0 Å². The van der Waals surface area contributed by atoms with Crippen LogP contribution in [0.4, 0.5) is 13.2 Å². The van der Waals surface area contributed by atoms with Gasteiger partial charge in [0, 0.05) is 4.47 Å². The average molecular weight is 400 g/mol. The maximum atomic E-state index is 13.1. The lowest BCUT2D eigenvalue weighted by atomic mass is 10.2. The number of carbonyl (C=O) groups excluding carboxylic acids is 1. The second-order valence-electron chi connectivity index (χ2n) is 4.77. The van der Waals surface area contributed by atoms with Crippen molar-refractivity contribution < 1.29 is 22.7 Å². The van der Waals surface area contributed by atoms with Gasteiger partial charge in [-0.3, -0.25) is 9.36 Å². The number of nitrogens with zero attached hydrogens (tertiary/aromatic N) is 3. The molecule has 0 saturated heterocycles. The van der Waals surface area contributed by atoms with Crippen LogP contribution in [-0.4, -0.2) is 26.9 Å². The minimum absolute atomic E-state index is 0.0185. The van der Waals surface area contributed by atoms with Gasteiger partial charge in [0.2, 0.25) is 5.78 Å². The largest absolute Gasteiger partial charge is 0.483 e. The van der Waals surface area contributed by atoms with Crippen molar-refractivity contribution in [3.8, 4) is 5.75 Å². The predicted molar refractivity (Wildman–Crippen MR) is 82.7 cm³/mol. The van der Waals surface area contributed by atoms with Crippen LogP contribution in [0.2, 0.25) is 0 Å². The van der Waals surface area contributed by atoms with Gasteiger partial charge >= 0.3 is 6.55 Å². The van der Waals surface area contributed by atoms with Crippen molar-refractivity contribution >= 4 is 32.7 Å². The number of aromatic nitrogens is 3. The Morgan fingerprint density at radius 1 is 1.29 bits per heavy atom. The van der Waals surface area contributed by atoms with E-state index in [4.69, 9.17) is 4.74 Å². The van der Waals surface area contributed by atoms with Gasteiger partial charge in [-0.2, -0.15) is 8.78 Å². The van der Waals surface area contributed by atoms with Crippen LogP contribution in [0.5, 0.6) is 5.75 Å². The van der Waals surface area contributed by atoms with Gasteiger partial charge in [0.05, 0.1) is 11.7 Å². The topological polar surface area (TPSA) is 57.0 Å². The minimum Gasteiger partial charge on any atom is -0.483 e. The molecule has 124 valence electrons. The van der Waals surface area contributed by atoms with Crippen LogP contribution in [0.3, 0.4) is 0 Å². The quantitative estimate of drug-likeness (QED) is 0.608. The van der Waals surface area contributed by atoms with Crippen LogP contribution in [0, 0.1) is 5.82 Å². The van der Waals surface area contributed by atoms with E-state index in [9.17, 15) is 18.0 Å². The summed E-state index contributed by atoms with van der Waals surface area (Å²) in [5.41, 5.74) is 0.394. The summed E-state index contributed by atoms with van der Waals surface area (Å²) in [6.45, 7) is -3.23. The van der Waals surface area contributed by atoms with E-state index in [2.05, 4.69) is 25.9 Å². The Bertz CT molecular complexity index is 897. The second-order valence-corrected chi connectivity index (χ2v) is 5.69. The third kappa shape index (κ3) is 3.25. The molecule has 0 fully saturated rings. The van der Waals surface area contributed by atoms with E-state index in [1.54, 1.807) is 6.07 Å². The number of imidazole rings is 1. The third-order valence-electron chi connectivity index (χ3n) is 3.18. The maximum Gasteiger partial charge on any atom is 0.320 e. The predicted octanol–water partition coefficient (Wildman–Crippen LogP) is 3.99. The molecule has 2 heterocycles. The molecular formula is C15H9BrF3N3O2. The summed E-state index contributed by atoms with van der Waals surface area (Å²) in [6, 6.07) is 5.35. The van der Waals surface area contributed by atoms with Crippen LogP contribution in [-0.2, 0) is 0 Å². The molecule has 3 aromatic rings. The van der Waals surface area contributed by atoms with Crippen LogP contribution < -0.4 is 4.74 Å². The lowest BCUT2D eigenvalue weighted by Gasteiger charge is -2.10. The fourth-order valence-corrected chi connectivity index (χ4v) is 2.54.